The second kappa shape index (κ2) is 14.3. The van der Waals surface area contributed by atoms with Gasteiger partial charge in [0, 0.05) is 26.1 Å². The molecule has 0 N–H and O–H groups in total. The van der Waals surface area contributed by atoms with Crippen molar-refractivity contribution in [3.8, 4) is 11.5 Å². The maximum atomic E-state index is 5.41. The molecule has 2 nitrogen and oxygen atoms in total. The van der Waals surface area contributed by atoms with Crippen LogP contribution in [0.4, 0.5) is 0 Å². The first kappa shape index (κ1) is 33.1. The molecule has 0 amide bonds. The molecule has 0 unspecified atom stereocenters. The first-order chi connectivity index (χ1) is 21.0. The Bertz CT molecular complexity index is 1380. The fraction of sp³-hybridized carbons (Fsp3) is 0.250. The van der Waals surface area contributed by atoms with Gasteiger partial charge < -0.3 is 9.47 Å². The third kappa shape index (κ3) is 7.45. The van der Waals surface area contributed by atoms with Gasteiger partial charge in [0.25, 0.3) is 0 Å². The number of hydrogen-bond donors (Lipinski definition) is 0. The van der Waals surface area contributed by atoms with E-state index in [9.17, 15) is 0 Å². The van der Waals surface area contributed by atoms with E-state index in [-0.39, 0.29) is 10.3 Å². The van der Waals surface area contributed by atoms with Gasteiger partial charge >= 0.3 is 0 Å². The van der Waals surface area contributed by atoms with Crippen molar-refractivity contribution in [2.75, 3.05) is 14.2 Å². The molecule has 0 aromatic heterocycles. The van der Waals surface area contributed by atoms with Crippen molar-refractivity contribution in [3.63, 3.8) is 0 Å². The maximum absolute atomic E-state index is 5.41. The van der Waals surface area contributed by atoms with Gasteiger partial charge in [0.15, 0.2) is 0 Å². The van der Waals surface area contributed by atoms with Crippen LogP contribution in [0.3, 0.4) is 0 Å². The van der Waals surface area contributed by atoms with E-state index in [0.29, 0.717) is 0 Å². The summed E-state index contributed by atoms with van der Waals surface area (Å²) in [4.78, 5) is 0. The third-order valence-corrected chi connectivity index (χ3v) is 12.2. The average Bonchev–Trinajstić information content (AvgIpc) is 3.02. The second-order valence-electron chi connectivity index (χ2n) is 13.5. The molecular formula is C40H48BO2P. The topological polar surface area (TPSA) is 18.5 Å². The van der Waals surface area contributed by atoms with Crippen LogP contribution in [0.15, 0.2) is 140 Å². The van der Waals surface area contributed by atoms with E-state index in [4.69, 9.17) is 9.47 Å². The van der Waals surface area contributed by atoms with Crippen LogP contribution in [-0.2, 0) is 0 Å². The van der Waals surface area contributed by atoms with Crippen LogP contribution in [0.1, 0.15) is 41.5 Å². The smallest absolute Gasteiger partial charge is 0.126 e. The van der Waals surface area contributed by atoms with Crippen molar-refractivity contribution in [2.24, 2.45) is 0 Å². The zero-order valence-corrected chi connectivity index (χ0v) is 28.7. The minimum absolute atomic E-state index is 0.278. The molecule has 228 valence electrons. The Morgan fingerprint density at radius 1 is 0.432 bits per heavy atom. The van der Waals surface area contributed by atoms with Crippen LogP contribution in [0.25, 0.3) is 0 Å². The molecule has 0 saturated heterocycles. The maximum Gasteiger partial charge on any atom is 0.126 e. The highest BCUT2D eigenvalue weighted by atomic mass is 31.1. The summed E-state index contributed by atoms with van der Waals surface area (Å²) in [5.41, 5.74) is 5.36. The first-order valence-corrected chi connectivity index (χ1v) is 17.0. The van der Waals surface area contributed by atoms with Gasteiger partial charge in [-0.05, 0) is 41.5 Å². The molecule has 5 aromatic rings. The lowest BCUT2D eigenvalue weighted by Crippen LogP contribution is -2.74. The predicted octanol–water partition coefficient (Wildman–Crippen LogP) is 7.20. The van der Waals surface area contributed by atoms with Crippen LogP contribution >= 0.6 is 7.92 Å². The zero-order valence-electron chi connectivity index (χ0n) is 27.7. The van der Waals surface area contributed by atoms with Crippen LogP contribution in [0.5, 0.6) is 11.5 Å². The third-order valence-electron chi connectivity index (χ3n) is 8.34. The Morgan fingerprint density at radius 3 is 0.932 bits per heavy atom. The minimum atomic E-state index is -1.22. The summed E-state index contributed by atoms with van der Waals surface area (Å²) in [5.74, 6) is 1.76. The lowest BCUT2D eigenvalue weighted by Gasteiger charge is -2.44. The standard InChI is InChI=1S/C24H20B.C16H27O2P/c1-5-13-21(14-6-1)25(22-15-7-2-8-16-22,23-17-9-3-10-18-23)24-19-11-4-12-20-24;1-15(2,3)19(16(4,5)6)14-10-12(17-7)9-13(11-14)18-8/h1-20H;9-11H,1-8H3/q-1;/p+1. The van der Waals surface area contributed by atoms with E-state index in [0.717, 1.165) is 11.5 Å². The normalized spacial score (nSPS) is 11.8. The molecule has 44 heavy (non-hydrogen) atoms. The van der Waals surface area contributed by atoms with Gasteiger partial charge in [-0.2, -0.15) is 21.9 Å². The van der Waals surface area contributed by atoms with Crippen molar-refractivity contribution in [1.82, 2.24) is 0 Å². The van der Waals surface area contributed by atoms with Crippen molar-refractivity contribution >= 4 is 41.2 Å². The van der Waals surface area contributed by atoms with Crippen LogP contribution in [0.2, 0.25) is 0 Å². The molecule has 0 bridgehead atoms. The minimum Gasteiger partial charge on any atom is -0.496 e. The highest BCUT2D eigenvalue weighted by Gasteiger charge is 2.44. The Hall–Kier alpha value is -3.81. The molecule has 5 aromatic carbocycles. The molecule has 0 spiro atoms. The van der Waals surface area contributed by atoms with Gasteiger partial charge in [0.2, 0.25) is 0 Å². The summed E-state index contributed by atoms with van der Waals surface area (Å²) in [6.45, 7) is 14.0. The summed E-state index contributed by atoms with van der Waals surface area (Å²) < 4.78 is 10.8. The lowest BCUT2D eigenvalue weighted by molar-refractivity contribution is 0.395. The molecule has 0 radical (unpaired) electrons. The highest BCUT2D eigenvalue weighted by molar-refractivity contribution is 7.68. The molecule has 0 saturated carbocycles. The predicted molar refractivity (Wildman–Crippen MR) is 197 cm³/mol. The van der Waals surface area contributed by atoms with E-state index in [1.807, 2.05) is 6.07 Å². The number of hydrogen-bond acceptors (Lipinski definition) is 2. The number of rotatable bonds is 7. The molecule has 0 aliphatic rings. The van der Waals surface area contributed by atoms with E-state index in [1.54, 1.807) is 14.2 Å². The SMILES string of the molecule is COc1cc(OC)cc([PH+](C(C)(C)C)C(C)(C)C)c1.c1ccc([B-](c2ccccc2)(c2ccccc2)c2ccccc2)cc1. The monoisotopic (exact) mass is 602 g/mol. The average molecular weight is 603 g/mol. The van der Waals surface area contributed by atoms with Crippen molar-refractivity contribution in [1.29, 1.82) is 0 Å². The fourth-order valence-corrected chi connectivity index (χ4v) is 11.6. The van der Waals surface area contributed by atoms with E-state index in [2.05, 4.69) is 175 Å². The molecule has 0 aliphatic heterocycles. The molecule has 0 heterocycles. The Morgan fingerprint density at radius 2 is 0.705 bits per heavy atom. The summed E-state index contributed by atoms with van der Waals surface area (Å²) >= 11 is 0. The Balaban J connectivity index is 0.000000210. The first-order valence-electron chi connectivity index (χ1n) is 15.5. The van der Waals surface area contributed by atoms with Crippen molar-refractivity contribution < 1.29 is 9.47 Å². The number of ether oxygens (including phenoxy) is 2. The summed E-state index contributed by atoms with van der Waals surface area (Å²) in [6, 6.07) is 49.8. The second-order valence-corrected chi connectivity index (χ2v) is 17.8. The summed E-state index contributed by atoms with van der Waals surface area (Å²) in [5, 5.41) is 1.93. The molecule has 0 aliphatic carbocycles. The molecule has 0 atom stereocenters. The molecule has 0 fully saturated rings. The summed E-state index contributed by atoms with van der Waals surface area (Å²) in [7, 11) is 2.64. The zero-order chi connectivity index (χ0) is 31.8. The number of benzene rings is 5. The van der Waals surface area contributed by atoms with Crippen molar-refractivity contribution in [3.05, 3.63) is 140 Å². The van der Waals surface area contributed by atoms with Crippen LogP contribution in [0, 0.1) is 0 Å². The summed E-state index contributed by atoms with van der Waals surface area (Å²) in [6.07, 6.45) is -1.22. The molecule has 5 rings (SSSR count). The van der Waals surface area contributed by atoms with Gasteiger partial charge in [0.1, 0.15) is 17.6 Å². The molecule has 4 heteroatoms. The van der Waals surface area contributed by atoms with Gasteiger partial charge in [-0.25, -0.2) is 0 Å². The largest absolute Gasteiger partial charge is 0.496 e. The Labute approximate surface area is 267 Å². The van der Waals surface area contributed by atoms with Crippen molar-refractivity contribution in [2.45, 2.75) is 51.9 Å². The van der Waals surface area contributed by atoms with Crippen LogP contribution < -0.4 is 36.6 Å². The van der Waals surface area contributed by atoms with Gasteiger partial charge in [-0.1, -0.05) is 121 Å². The highest BCUT2D eigenvalue weighted by Crippen LogP contribution is 2.58. The van der Waals surface area contributed by atoms with Gasteiger partial charge in [-0.15, -0.1) is 0 Å². The van der Waals surface area contributed by atoms with E-state index < -0.39 is 14.1 Å². The van der Waals surface area contributed by atoms with Gasteiger partial charge in [-0.3, -0.25) is 0 Å². The Kier molecular flexibility index (Phi) is 10.8. The number of methoxy groups -OCH3 is 2. The fourth-order valence-electron chi connectivity index (χ4n) is 7.06. The van der Waals surface area contributed by atoms with E-state index >= 15 is 0 Å². The molecular weight excluding hydrogens is 554 g/mol. The van der Waals surface area contributed by atoms with Crippen LogP contribution in [-0.4, -0.2) is 30.7 Å². The van der Waals surface area contributed by atoms with E-state index in [1.165, 1.54) is 27.2 Å². The quantitative estimate of drug-likeness (QED) is 0.145. The lowest BCUT2D eigenvalue weighted by atomic mass is 9.13. The van der Waals surface area contributed by atoms with Gasteiger partial charge in [0.05, 0.1) is 29.8 Å².